The molecule has 4 aliphatic rings. The van der Waals surface area contributed by atoms with E-state index in [2.05, 4.69) is 28.6 Å². The molecule has 9 heteroatoms. The van der Waals surface area contributed by atoms with Crippen LogP contribution in [0.4, 0.5) is 4.39 Å². The molecule has 0 unspecified atom stereocenters. The van der Waals surface area contributed by atoms with Crippen molar-refractivity contribution in [1.82, 2.24) is 15.6 Å². The SMILES string of the molecule is C[C@]12CC[C@@H]3c4ccc(O)cc4CC[C@H]3[C@@H]1CC[C@@H]2OCCCOCCC(=O)NCc1ccc(-c2[nH]c3cc(F)cc4c3c2CCNC4=O)cc1. The van der Waals surface area contributed by atoms with E-state index in [4.69, 9.17) is 9.47 Å². The lowest BCUT2D eigenvalue weighted by atomic mass is 9.55. The van der Waals surface area contributed by atoms with E-state index in [-0.39, 0.29) is 17.2 Å². The highest BCUT2D eigenvalue weighted by Crippen LogP contribution is 2.61. The molecule has 268 valence electrons. The Morgan fingerprint density at radius 3 is 2.75 bits per heavy atom. The number of rotatable bonds is 11. The van der Waals surface area contributed by atoms with Crippen LogP contribution in [-0.2, 0) is 33.7 Å². The molecule has 3 aromatic carbocycles. The minimum absolute atomic E-state index is 0.0546. The van der Waals surface area contributed by atoms with Gasteiger partial charge in [-0.25, -0.2) is 4.39 Å². The number of H-pyrrole nitrogens is 1. The average molecular weight is 694 g/mol. The molecular formula is C42H48FN3O5. The molecule has 1 aromatic heterocycles. The number of hydrogen-bond acceptors (Lipinski definition) is 5. The van der Waals surface area contributed by atoms with E-state index in [0.29, 0.717) is 86.4 Å². The van der Waals surface area contributed by atoms with Crippen molar-refractivity contribution in [2.24, 2.45) is 17.3 Å². The van der Waals surface area contributed by atoms with Gasteiger partial charge in [-0.2, -0.15) is 0 Å². The van der Waals surface area contributed by atoms with E-state index < -0.39 is 5.82 Å². The van der Waals surface area contributed by atoms with Crippen LogP contribution >= 0.6 is 0 Å². The van der Waals surface area contributed by atoms with Crippen molar-refractivity contribution >= 4 is 22.7 Å². The first-order valence-corrected chi connectivity index (χ1v) is 18.8. The highest BCUT2D eigenvalue weighted by atomic mass is 19.1. The molecule has 1 aliphatic heterocycles. The van der Waals surface area contributed by atoms with Crippen LogP contribution in [0.1, 0.15) is 90.4 Å². The molecule has 2 fully saturated rings. The zero-order valence-electron chi connectivity index (χ0n) is 29.4. The Morgan fingerprint density at radius 2 is 1.88 bits per heavy atom. The zero-order valence-corrected chi connectivity index (χ0v) is 29.4. The lowest BCUT2D eigenvalue weighted by molar-refractivity contribution is -0.122. The normalized spacial score (nSPS) is 25.1. The number of aromatic amines is 1. The van der Waals surface area contributed by atoms with Gasteiger partial charge in [0.25, 0.3) is 5.91 Å². The molecule has 8 rings (SSSR count). The molecule has 0 spiro atoms. The number of aromatic nitrogens is 1. The van der Waals surface area contributed by atoms with Gasteiger partial charge in [-0.15, -0.1) is 0 Å². The first-order chi connectivity index (χ1) is 24.8. The molecular weight excluding hydrogens is 645 g/mol. The maximum Gasteiger partial charge on any atom is 0.252 e. The van der Waals surface area contributed by atoms with Crippen molar-refractivity contribution in [2.45, 2.75) is 83.3 Å². The lowest BCUT2D eigenvalue weighted by Gasteiger charge is -2.50. The van der Waals surface area contributed by atoms with Gasteiger partial charge in [-0.05, 0) is 127 Å². The molecule has 51 heavy (non-hydrogen) atoms. The number of nitrogens with one attached hydrogen (secondary N) is 3. The van der Waals surface area contributed by atoms with Gasteiger partial charge < -0.3 is 30.2 Å². The Kier molecular flexibility index (Phi) is 9.36. The predicted molar refractivity (Wildman–Crippen MR) is 194 cm³/mol. The van der Waals surface area contributed by atoms with Gasteiger partial charge in [0.05, 0.1) is 18.3 Å². The summed E-state index contributed by atoms with van der Waals surface area (Å²) in [6.45, 7) is 4.99. The Hall–Kier alpha value is -4.21. The van der Waals surface area contributed by atoms with Crippen molar-refractivity contribution in [3.05, 3.63) is 88.2 Å². The second-order valence-corrected chi connectivity index (χ2v) is 15.3. The third-order valence-electron chi connectivity index (χ3n) is 12.5. The smallest absolute Gasteiger partial charge is 0.252 e. The Balaban J connectivity index is 0.751. The van der Waals surface area contributed by atoms with E-state index >= 15 is 0 Å². The second kappa shape index (κ2) is 14.1. The number of aryl methyl sites for hydroxylation is 1. The van der Waals surface area contributed by atoms with Gasteiger partial charge in [-0.1, -0.05) is 37.3 Å². The van der Waals surface area contributed by atoms with Crippen LogP contribution in [0.25, 0.3) is 22.2 Å². The minimum Gasteiger partial charge on any atom is -0.508 e. The Bertz CT molecular complexity index is 1940. The standard InChI is InChI=1S/C42H48FN3O5/c1-42-16-13-31-30-10-8-29(47)21-27(30)7-9-32(31)35(42)11-12-37(42)51-19-2-18-50-20-15-38(48)45-24-25-3-5-26(6-4-25)40-33-14-17-44-41(49)34-22-28(43)23-36(46-40)39(33)34/h3-6,8,10,21-23,31-32,35,37,46-47H,2,7,9,11-20,24H2,1H3,(H,44,49)(H,45,48)/t31-,32-,35+,37+,42+/m1/s1. The van der Waals surface area contributed by atoms with Crippen LogP contribution in [0.15, 0.2) is 54.6 Å². The highest BCUT2D eigenvalue weighted by molar-refractivity contribution is 6.10. The van der Waals surface area contributed by atoms with Crippen molar-refractivity contribution in [1.29, 1.82) is 0 Å². The fourth-order valence-corrected chi connectivity index (χ4v) is 9.96. The number of aromatic hydroxyl groups is 1. The molecule has 2 heterocycles. The van der Waals surface area contributed by atoms with E-state index in [1.54, 1.807) is 0 Å². The molecule has 0 radical (unpaired) electrons. The van der Waals surface area contributed by atoms with Gasteiger partial charge in [0.1, 0.15) is 11.6 Å². The Labute approximate surface area is 298 Å². The lowest BCUT2D eigenvalue weighted by Crippen LogP contribution is -2.44. The van der Waals surface area contributed by atoms with Crippen molar-refractivity contribution in [3.8, 4) is 17.0 Å². The van der Waals surface area contributed by atoms with Crippen LogP contribution < -0.4 is 10.6 Å². The number of amides is 2. The summed E-state index contributed by atoms with van der Waals surface area (Å²) in [6.07, 6.45) is 9.09. The topological polar surface area (TPSA) is 113 Å². The number of halogens is 1. The van der Waals surface area contributed by atoms with Gasteiger partial charge in [0, 0.05) is 49.3 Å². The fraction of sp³-hybridized carbons (Fsp3) is 0.476. The average Bonchev–Trinajstić information content (AvgIpc) is 3.61. The maximum absolute atomic E-state index is 14.2. The van der Waals surface area contributed by atoms with Crippen LogP contribution in [-0.4, -0.2) is 54.4 Å². The molecule has 0 bridgehead atoms. The number of carbonyl (C=O) groups is 2. The maximum atomic E-state index is 14.2. The molecule has 2 saturated carbocycles. The number of carbonyl (C=O) groups excluding carboxylic acids is 2. The molecule has 8 nitrogen and oxygen atoms in total. The van der Waals surface area contributed by atoms with Gasteiger partial charge in [0.15, 0.2) is 0 Å². The molecule has 3 aliphatic carbocycles. The Morgan fingerprint density at radius 1 is 1.02 bits per heavy atom. The number of ether oxygens (including phenoxy) is 2. The van der Waals surface area contributed by atoms with Gasteiger partial charge >= 0.3 is 0 Å². The van der Waals surface area contributed by atoms with Crippen LogP contribution in [0.3, 0.4) is 0 Å². The minimum atomic E-state index is -0.445. The first-order valence-electron chi connectivity index (χ1n) is 18.8. The summed E-state index contributed by atoms with van der Waals surface area (Å²) in [5.74, 6) is 1.64. The molecule has 0 saturated heterocycles. The fourth-order valence-electron chi connectivity index (χ4n) is 9.96. The summed E-state index contributed by atoms with van der Waals surface area (Å²) in [5.41, 5.74) is 7.82. The number of phenolic OH excluding ortho intramolecular Hbond substituents is 1. The monoisotopic (exact) mass is 693 g/mol. The summed E-state index contributed by atoms with van der Waals surface area (Å²) in [5, 5.41) is 16.6. The van der Waals surface area contributed by atoms with Crippen LogP contribution in [0.5, 0.6) is 5.75 Å². The van der Waals surface area contributed by atoms with E-state index in [1.165, 1.54) is 48.9 Å². The van der Waals surface area contributed by atoms with Crippen LogP contribution in [0.2, 0.25) is 0 Å². The van der Waals surface area contributed by atoms with Crippen molar-refractivity contribution in [2.75, 3.05) is 26.4 Å². The van der Waals surface area contributed by atoms with Crippen LogP contribution in [0, 0.1) is 23.1 Å². The quantitative estimate of drug-likeness (QED) is 0.123. The van der Waals surface area contributed by atoms with E-state index in [9.17, 15) is 19.1 Å². The molecule has 5 atom stereocenters. The number of hydrogen-bond donors (Lipinski definition) is 4. The molecule has 2 amide bonds. The van der Waals surface area contributed by atoms with E-state index in [1.807, 2.05) is 36.4 Å². The summed E-state index contributed by atoms with van der Waals surface area (Å²) in [6, 6.07) is 16.7. The summed E-state index contributed by atoms with van der Waals surface area (Å²) in [4.78, 5) is 28.4. The third-order valence-corrected chi connectivity index (χ3v) is 12.5. The highest BCUT2D eigenvalue weighted by Gasteiger charge is 2.55. The molecule has 4 aromatic rings. The molecule has 4 N–H and O–H groups in total. The number of benzene rings is 3. The third kappa shape index (κ3) is 6.55. The summed E-state index contributed by atoms with van der Waals surface area (Å²) < 4.78 is 26.6. The van der Waals surface area contributed by atoms with Crippen molar-refractivity contribution in [3.63, 3.8) is 0 Å². The first kappa shape index (κ1) is 33.9. The van der Waals surface area contributed by atoms with Crippen molar-refractivity contribution < 1.29 is 28.6 Å². The van der Waals surface area contributed by atoms with Gasteiger partial charge in [0.2, 0.25) is 5.91 Å². The number of fused-ring (bicyclic) bond motifs is 5. The predicted octanol–water partition coefficient (Wildman–Crippen LogP) is 7.32. The van der Waals surface area contributed by atoms with E-state index in [0.717, 1.165) is 47.0 Å². The van der Waals surface area contributed by atoms with Gasteiger partial charge in [-0.3, -0.25) is 9.59 Å². The summed E-state index contributed by atoms with van der Waals surface area (Å²) >= 11 is 0. The largest absolute Gasteiger partial charge is 0.508 e. The summed E-state index contributed by atoms with van der Waals surface area (Å²) in [7, 11) is 0. The second-order valence-electron chi connectivity index (χ2n) is 15.3. The zero-order chi connectivity index (χ0) is 35.1. The number of phenols is 1.